The van der Waals surface area contributed by atoms with E-state index in [2.05, 4.69) is 5.32 Å². The summed E-state index contributed by atoms with van der Waals surface area (Å²) in [4.78, 5) is 13.3. The van der Waals surface area contributed by atoms with Gasteiger partial charge in [-0.3, -0.25) is 9.10 Å². The highest BCUT2D eigenvalue weighted by Gasteiger charge is 2.33. The Kier molecular flexibility index (Phi) is 7.72. The Hall–Kier alpha value is -2.05. The van der Waals surface area contributed by atoms with E-state index in [-0.39, 0.29) is 5.91 Å². The molecule has 0 aromatic heterocycles. The molecule has 29 heavy (non-hydrogen) atoms. The standard InChI is InChI=1S/C22H29ClN2O3S/c1-6-16-10-9-11-17(7-2)21(16)24-22(26)19(8-3)25(29(5,27)28)20-14-18(23)13-12-15(20)4/h9-14,19H,6-8H2,1-5H3,(H,24,26)/t19-/m1/s1. The minimum absolute atomic E-state index is 0.320. The topological polar surface area (TPSA) is 66.5 Å². The molecule has 7 heteroatoms. The van der Waals surface area contributed by atoms with Crippen LogP contribution in [0.2, 0.25) is 5.02 Å². The zero-order valence-corrected chi connectivity index (χ0v) is 19.2. The first kappa shape index (κ1) is 23.2. The lowest BCUT2D eigenvalue weighted by Crippen LogP contribution is -2.47. The van der Waals surface area contributed by atoms with Gasteiger partial charge in [0.1, 0.15) is 6.04 Å². The van der Waals surface area contributed by atoms with Crippen molar-refractivity contribution in [2.75, 3.05) is 15.9 Å². The number of hydrogen-bond donors (Lipinski definition) is 1. The summed E-state index contributed by atoms with van der Waals surface area (Å²) in [6, 6.07) is 10.1. The van der Waals surface area contributed by atoms with Gasteiger partial charge in [-0.1, -0.05) is 56.6 Å². The summed E-state index contributed by atoms with van der Waals surface area (Å²) in [5.74, 6) is -0.354. The number of sulfonamides is 1. The molecule has 158 valence electrons. The summed E-state index contributed by atoms with van der Waals surface area (Å²) in [5.41, 5.74) is 3.97. The van der Waals surface area contributed by atoms with Crippen molar-refractivity contribution in [1.82, 2.24) is 0 Å². The number of anilines is 2. The van der Waals surface area contributed by atoms with Crippen molar-refractivity contribution in [3.05, 3.63) is 58.1 Å². The molecular weight excluding hydrogens is 408 g/mol. The zero-order chi connectivity index (χ0) is 21.8. The predicted octanol–water partition coefficient (Wildman–Crippen LogP) is 4.96. The van der Waals surface area contributed by atoms with Gasteiger partial charge in [0.05, 0.1) is 11.9 Å². The lowest BCUT2D eigenvalue weighted by atomic mass is 10.0. The number of halogens is 1. The minimum Gasteiger partial charge on any atom is -0.324 e. The van der Waals surface area contributed by atoms with E-state index in [1.807, 2.05) is 32.0 Å². The molecule has 0 bridgehead atoms. The molecule has 0 heterocycles. The average Bonchev–Trinajstić information content (AvgIpc) is 2.67. The summed E-state index contributed by atoms with van der Waals surface area (Å²) in [5, 5.41) is 3.43. The Balaban J connectivity index is 2.52. The normalized spacial score (nSPS) is 12.5. The molecule has 1 N–H and O–H groups in total. The summed E-state index contributed by atoms with van der Waals surface area (Å²) < 4.78 is 26.6. The molecule has 0 aliphatic rings. The second-order valence-corrected chi connectivity index (χ2v) is 9.36. The van der Waals surface area contributed by atoms with E-state index < -0.39 is 16.1 Å². The fourth-order valence-electron chi connectivity index (χ4n) is 3.47. The number of rotatable bonds is 8. The van der Waals surface area contributed by atoms with E-state index in [1.54, 1.807) is 32.0 Å². The number of amides is 1. The van der Waals surface area contributed by atoms with Crippen molar-refractivity contribution in [3.63, 3.8) is 0 Å². The first-order valence-corrected chi connectivity index (χ1v) is 12.0. The molecule has 1 atom stereocenters. The number of para-hydroxylation sites is 1. The molecule has 0 aliphatic heterocycles. The molecule has 0 spiro atoms. The number of nitrogens with zero attached hydrogens (tertiary/aromatic N) is 1. The number of aryl methyl sites for hydroxylation is 3. The van der Waals surface area contributed by atoms with Gasteiger partial charge in [-0.15, -0.1) is 0 Å². The highest BCUT2D eigenvalue weighted by atomic mass is 35.5. The summed E-state index contributed by atoms with van der Waals surface area (Å²) in [6.45, 7) is 7.66. The quantitative estimate of drug-likeness (QED) is 0.636. The number of benzene rings is 2. The van der Waals surface area contributed by atoms with Crippen LogP contribution in [0.3, 0.4) is 0 Å². The Morgan fingerprint density at radius 2 is 1.69 bits per heavy atom. The van der Waals surface area contributed by atoms with Crippen LogP contribution in [0.25, 0.3) is 0 Å². The van der Waals surface area contributed by atoms with Crippen LogP contribution in [0.5, 0.6) is 0 Å². The van der Waals surface area contributed by atoms with Crippen LogP contribution >= 0.6 is 11.6 Å². The van der Waals surface area contributed by atoms with Crippen LogP contribution in [-0.2, 0) is 27.7 Å². The van der Waals surface area contributed by atoms with Crippen LogP contribution in [-0.4, -0.2) is 26.6 Å². The fourth-order valence-corrected chi connectivity index (χ4v) is 4.89. The maximum absolute atomic E-state index is 13.3. The van der Waals surface area contributed by atoms with E-state index in [1.165, 1.54) is 4.31 Å². The largest absolute Gasteiger partial charge is 0.324 e. The molecule has 0 aliphatic carbocycles. The molecular formula is C22H29ClN2O3S. The Morgan fingerprint density at radius 3 is 2.17 bits per heavy atom. The summed E-state index contributed by atoms with van der Waals surface area (Å²) in [7, 11) is -3.72. The number of nitrogens with one attached hydrogen (secondary N) is 1. The maximum Gasteiger partial charge on any atom is 0.248 e. The zero-order valence-electron chi connectivity index (χ0n) is 17.6. The molecule has 5 nitrogen and oxygen atoms in total. The third-order valence-electron chi connectivity index (χ3n) is 4.99. The molecule has 0 saturated heterocycles. The number of hydrogen-bond acceptors (Lipinski definition) is 3. The van der Waals surface area contributed by atoms with Crippen LogP contribution in [0, 0.1) is 6.92 Å². The third-order valence-corrected chi connectivity index (χ3v) is 6.39. The maximum atomic E-state index is 13.3. The van der Waals surface area contributed by atoms with Crippen LogP contribution in [0.15, 0.2) is 36.4 Å². The van der Waals surface area contributed by atoms with Gasteiger partial charge in [0, 0.05) is 10.7 Å². The number of carbonyl (C=O) groups is 1. The van der Waals surface area contributed by atoms with Crippen molar-refractivity contribution >= 4 is 38.9 Å². The lowest BCUT2D eigenvalue weighted by Gasteiger charge is -2.31. The van der Waals surface area contributed by atoms with Gasteiger partial charge >= 0.3 is 0 Å². The molecule has 2 aromatic rings. The second kappa shape index (κ2) is 9.63. The highest BCUT2D eigenvalue weighted by molar-refractivity contribution is 7.92. The van der Waals surface area contributed by atoms with Gasteiger partial charge in [-0.25, -0.2) is 8.42 Å². The highest BCUT2D eigenvalue weighted by Crippen LogP contribution is 2.30. The first-order valence-electron chi connectivity index (χ1n) is 9.81. The van der Waals surface area contributed by atoms with Gasteiger partial charge in [-0.2, -0.15) is 0 Å². The molecule has 2 aromatic carbocycles. The smallest absolute Gasteiger partial charge is 0.248 e. The van der Waals surface area contributed by atoms with Gasteiger partial charge in [0.15, 0.2) is 0 Å². The third kappa shape index (κ3) is 5.31. The minimum atomic E-state index is -3.72. The molecule has 1 amide bonds. The van der Waals surface area contributed by atoms with Gasteiger partial charge in [0.25, 0.3) is 0 Å². The SMILES string of the molecule is CCc1cccc(CC)c1NC(=O)[C@@H](CC)N(c1cc(Cl)ccc1C)S(C)(=O)=O. The molecule has 0 unspecified atom stereocenters. The van der Waals surface area contributed by atoms with Gasteiger partial charge in [0.2, 0.25) is 15.9 Å². The van der Waals surface area contributed by atoms with Crippen molar-refractivity contribution in [3.8, 4) is 0 Å². The number of carbonyl (C=O) groups excluding carboxylic acids is 1. The van der Waals surface area contributed by atoms with Gasteiger partial charge in [-0.05, 0) is 55.0 Å². The average molecular weight is 437 g/mol. The fraction of sp³-hybridized carbons (Fsp3) is 0.409. The van der Waals surface area contributed by atoms with E-state index in [0.717, 1.165) is 41.5 Å². The predicted molar refractivity (Wildman–Crippen MR) is 121 cm³/mol. The Labute approximate surface area is 179 Å². The van der Waals surface area contributed by atoms with Crippen molar-refractivity contribution in [1.29, 1.82) is 0 Å². The van der Waals surface area contributed by atoms with Crippen LogP contribution in [0.1, 0.15) is 43.9 Å². The van der Waals surface area contributed by atoms with E-state index in [9.17, 15) is 13.2 Å². The van der Waals surface area contributed by atoms with Crippen molar-refractivity contribution in [2.45, 2.75) is 53.0 Å². The molecule has 0 saturated carbocycles. The van der Waals surface area contributed by atoms with Crippen LogP contribution in [0.4, 0.5) is 11.4 Å². The Morgan fingerprint density at radius 1 is 1.10 bits per heavy atom. The van der Waals surface area contributed by atoms with Gasteiger partial charge < -0.3 is 5.32 Å². The summed E-state index contributed by atoms with van der Waals surface area (Å²) >= 11 is 6.13. The first-order chi connectivity index (χ1) is 13.6. The Bertz CT molecular complexity index is 967. The van der Waals surface area contributed by atoms with E-state index in [4.69, 9.17) is 11.6 Å². The van der Waals surface area contributed by atoms with E-state index >= 15 is 0 Å². The second-order valence-electron chi connectivity index (χ2n) is 7.06. The lowest BCUT2D eigenvalue weighted by molar-refractivity contribution is -0.117. The van der Waals surface area contributed by atoms with Crippen molar-refractivity contribution in [2.24, 2.45) is 0 Å². The summed E-state index contributed by atoms with van der Waals surface area (Å²) in [6.07, 6.45) is 2.97. The van der Waals surface area contributed by atoms with E-state index in [0.29, 0.717) is 17.1 Å². The molecule has 2 rings (SSSR count). The van der Waals surface area contributed by atoms with Crippen molar-refractivity contribution < 1.29 is 13.2 Å². The van der Waals surface area contributed by atoms with Crippen LogP contribution < -0.4 is 9.62 Å². The monoisotopic (exact) mass is 436 g/mol. The molecule has 0 fully saturated rings. The molecule has 0 radical (unpaired) electrons.